The van der Waals surface area contributed by atoms with Gasteiger partial charge in [0.2, 0.25) is 5.88 Å². The molecule has 13 heteroatoms. The van der Waals surface area contributed by atoms with Crippen molar-refractivity contribution in [3.05, 3.63) is 92.9 Å². The van der Waals surface area contributed by atoms with Crippen molar-refractivity contribution < 1.29 is 22.6 Å². The number of methoxy groups -OCH3 is 1. The van der Waals surface area contributed by atoms with Crippen LogP contribution in [0.15, 0.2) is 59.9 Å². The van der Waals surface area contributed by atoms with Gasteiger partial charge >= 0.3 is 6.18 Å². The first-order chi connectivity index (χ1) is 19.1. The van der Waals surface area contributed by atoms with Crippen molar-refractivity contribution in [1.82, 2.24) is 29.3 Å². The number of pyridine rings is 3. The van der Waals surface area contributed by atoms with Crippen LogP contribution in [0.5, 0.6) is 11.6 Å². The summed E-state index contributed by atoms with van der Waals surface area (Å²) in [4.78, 5) is 25.8. The van der Waals surface area contributed by atoms with E-state index >= 15 is 0 Å². The molecule has 5 aromatic rings. The summed E-state index contributed by atoms with van der Waals surface area (Å²) in [6.45, 7) is 1.47. The second-order valence-electron chi connectivity index (χ2n) is 8.88. The van der Waals surface area contributed by atoms with E-state index in [-0.39, 0.29) is 24.1 Å². The van der Waals surface area contributed by atoms with E-state index in [0.717, 1.165) is 33.3 Å². The summed E-state index contributed by atoms with van der Waals surface area (Å²) in [5.41, 5.74) is 0.354. The summed E-state index contributed by atoms with van der Waals surface area (Å²) in [5.74, 6) is 1.20. The summed E-state index contributed by atoms with van der Waals surface area (Å²) in [7, 11) is 3.16. The molecule has 0 aliphatic rings. The molecular formula is C27H22ClF3N6O3. The van der Waals surface area contributed by atoms with Crippen LogP contribution in [0.25, 0.3) is 22.3 Å². The number of hydrogen-bond acceptors (Lipinski definition) is 7. The van der Waals surface area contributed by atoms with Gasteiger partial charge in [-0.25, -0.2) is 19.6 Å². The molecular weight excluding hydrogens is 549 g/mol. The molecule has 0 saturated heterocycles. The molecule has 0 bridgehead atoms. The molecule has 0 saturated carbocycles. The Balaban J connectivity index is 1.55. The Morgan fingerprint density at radius 3 is 2.60 bits per heavy atom. The molecule has 1 aromatic carbocycles. The zero-order valence-electron chi connectivity index (χ0n) is 21.5. The molecule has 4 heterocycles. The number of fused-ring (bicyclic) bond motifs is 1. The van der Waals surface area contributed by atoms with Crippen molar-refractivity contribution in [2.45, 2.75) is 26.3 Å². The third-order valence-electron chi connectivity index (χ3n) is 6.31. The van der Waals surface area contributed by atoms with Crippen molar-refractivity contribution in [3.8, 4) is 23.0 Å². The van der Waals surface area contributed by atoms with Crippen LogP contribution in [-0.2, 0) is 26.4 Å². The number of benzene rings is 1. The lowest BCUT2D eigenvalue weighted by molar-refractivity contribution is -0.138. The first-order valence-corrected chi connectivity index (χ1v) is 12.3. The lowest BCUT2D eigenvalue weighted by Crippen LogP contribution is -2.28. The van der Waals surface area contributed by atoms with Crippen LogP contribution in [0.4, 0.5) is 13.2 Å². The van der Waals surface area contributed by atoms with Crippen LogP contribution in [0.3, 0.4) is 0 Å². The number of para-hydroxylation sites is 1. The van der Waals surface area contributed by atoms with Gasteiger partial charge in [0, 0.05) is 47.2 Å². The minimum Gasteiger partial charge on any atom is -0.487 e. The molecule has 0 atom stereocenters. The molecule has 0 fully saturated rings. The highest BCUT2D eigenvalue weighted by Gasteiger charge is 2.34. The Morgan fingerprint density at radius 2 is 1.90 bits per heavy atom. The van der Waals surface area contributed by atoms with E-state index in [0.29, 0.717) is 28.2 Å². The van der Waals surface area contributed by atoms with E-state index in [9.17, 15) is 18.0 Å². The fourth-order valence-electron chi connectivity index (χ4n) is 4.43. The zero-order valence-corrected chi connectivity index (χ0v) is 22.3. The van der Waals surface area contributed by atoms with Gasteiger partial charge < -0.3 is 14.0 Å². The van der Waals surface area contributed by atoms with Gasteiger partial charge in [-0.1, -0.05) is 23.7 Å². The predicted molar refractivity (Wildman–Crippen MR) is 141 cm³/mol. The van der Waals surface area contributed by atoms with E-state index < -0.39 is 17.3 Å². The van der Waals surface area contributed by atoms with Crippen LogP contribution in [0.1, 0.15) is 22.4 Å². The molecule has 206 valence electrons. The van der Waals surface area contributed by atoms with E-state index in [1.54, 1.807) is 17.8 Å². The van der Waals surface area contributed by atoms with Crippen molar-refractivity contribution in [2.24, 2.45) is 7.05 Å². The van der Waals surface area contributed by atoms with E-state index in [1.165, 1.54) is 25.8 Å². The van der Waals surface area contributed by atoms with Gasteiger partial charge in [-0.05, 0) is 31.2 Å². The van der Waals surface area contributed by atoms with Gasteiger partial charge in [0.15, 0.2) is 5.82 Å². The van der Waals surface area contributed by atoms with Gasteiger partial charge in [0.25, 0.3) is 5.56 Å². The molecule has 5 rings (SSSR count). The van der Waals surface area contributed by atoms with Gasteiger partial charge in [0.1, 0.15) is 29.8 Å². The summed E-state index contributed by atoms with van der Waals surface area (Å²) < 4.78 is 54.2. The Kier molecular flexibility index (Phi) is 7.19. The Hall–Kier alpha value is -4.45. The predicted octanol–water partition coefficient (Wildman–Crippen LogP) is 5.20. The minimum absolute atomic E-state index is 0.101. The fourth-order valence-corrected chi connectivity index (χ4v) is 4.65. The Morgan fingerprint density at radius 1 is 1.10 bits per heavy atom. The van der Waals surface area contributed by atoms with Gasteiger partial charge in [-0.15, -0.1) is 0 Å². The summed E-state index contributed by atoms with van der Waals surface area (Å²) in [5, 5.41) is 5.14. The SMILES string of the molecule is COc1ncc(Cl)c(COc2cccc3c(-c4ncnn4C)cc(C)nc23)c1Cn1cccc(C(F)(F)F)c1=O. The lowest BCUT2D eigenvalue weighted by atomic mass is 10.1. The summed E-state index contributed by atoms with van der Waals surface area (Å²) in [6.07, 6.45) is -0.720. The Bertz CT molecular complexity index is 1780. The molecule has 40 heavy (non-hydrogen) atoms. The summed E-state index contributed by atoms with van der Waals surface area (Å²) >= 11 is 6.49. The highest BCUT2D eigenvalue weighted by molar-refractivity contribution is 6.31. The first kappa shape index (κ1) is 27.1. The van der Waals surface area contributed by atoms with E-state index in [1.807, 2.05) is 25.1 Å². The third-order valence-corrected chi connectivity index (χ3v) is 6.63. The maximum absolute atomic E-state index is 13.4. The highest BCUT2D eigenvalue weighted by Crippen LogP contribution is 2.34. The van der Waals surface area contributed by atoms with Gasteiger partial charge in [-0.3, -0.25) is 4.79 Å². The van der Waals surface area contributed by atoms with Gasteiger partial charge in [0.05, 0.1) is 18.7 Å². The molecule has 0 radical (unpaired) electrons. The average molecular weight is 571 g/mol. The molecule has 4 aromatic heterocycles. The maximum Gasteiger partial charge on any atom is 0.421 e. The summed E-state index contributed by atoms with van der Waals surface area (Å²) in [6, 6.07) is 9.26. The second-order valence-corrected chi connectivity index (χ2v) is 9.29. The molecule has 0 amide bonds. The lowest BCUT2D eigenvalue weighted by Gasteiger charge is -2.18. The first-order valence-electron chi connectivity index (χ1n) is 11.9. The monoisotopic (exact) mass is 570 g/mol. The molecule has 0 spiro atoms. The number of ether oxygens (including phenoxy) is 2. The molecule has 0 N–H and O–H groups in total. The van der Waals surface area contributed by atoms with Crippen molar-refractivity contribution >= 4 is 22.5 Å². The van der Waals surface area contributed by atoms with Crippen molar-refractivity contribution in [1.29, 1.82) is 0 Å². The van der Waals surface area contributed by atoms with Crippen LogP contribution in [-0.4, -0.2) is 36.4 Å². The second kappa shape index (κ2) is 10.6. The fraction of sp³-hybridized carbons (Fsp3) is 0.222. The maximum atomic E-state index is 13.4. The molecule has 0 aliphatic carbocycles. The number of aryl methyl sites for hydroxylation is 2. The van der Waals surface area contributed by atoms with E-state index in [4.69, 9.17) is 21.1 Å². The smallest absolute Gasteiger partial charge is 0.421 e. The number of halogens is 4. The van der Waals surface area contributed by atoms with Gasteiger partial charge in [-0.2, -0.15) is 18.3 Å². The van der Waals surface area contributed by atoms with Crippen molar-refractivity contribution in [3.63, 3.8) is 0 Å². The average Bonchev–Trinajstić information content (AvgIpc) is 3.34. The minimum atomic E-state index is -4.80. The molecule has 9 nitrogen and oxygen atoms in total. The number of aromatic nitrogens is 6. The van der Waals surface area contributed by atoms with Crippen LogP contribution >= 0.6 is 11.6 Å². The standard InChI is InChI=1S/C27H22ClF3N6O3/c1-15-10-17(24-33-14-34-36(24)2)16-6-4-8-22(23(16)35-15)40-13-19-18(25(39-3)32-11-21(19)28)12-37-9-5-7-20(26(37)38)27(29,30)31/h4-11,14H,12-13H2,1-3H3. The highest BCUT2D eigenvalue weighted by atomic mass is 35.5. The number of rotatable bonds is 7. The normalized spacial score (nSPS) is 11.7. The number of hydrogen-bond donors (Lipinski definition) is 0. The van der Waals surface area contributed by atoms with Crippen LogP contribution < -0.4 is 15.0 Å². The number of alkyl halides is 3. The van der Waals surface area contributed by atoms with Crippen molar-refractivity contribution in [2.75, 3.05) is 7.11 Å². The zero-order chi connectivity index (χ0) is 28.6. The Labute approximate surface area is 230 Å². The number of nitrogens with zero attached hydrogens (tertiary/aromatic N) is 6. The quantitative estimate of drug-likeness (QED) is 0.265. The van der Waals surface area contributed by atoms with E-state index in [2.05, 4.69) is 20.1 Å². The molecule has 0 unspecified atom stereocenters. The largest absolute Gasteiger partial charge is 0.487 e. The molecule has 0 aliphatic heterocycles. The van der Waals surface area contributed by atoms with Crippen LogP contribution in [0, 0.1) is 6.92 Å². The van der Waals surface area contributed by atoms with Crippen LogP contribution in [0.2, 0.25) is 5.02 Å². The third kappa shape index (κ3) is 5.09. The topological polar surface area (TPSA) is 96.9 Å².